The summed E-state index contributed by atoms with van der Waals surface area (Å²) in [6, 6.07) is 7.11. The van der Waals surface area contributed by atoms with Gasteiger partial charge in [-0.25, -0.2) is 4.21 Å². The fourth-order valence-corrected chi connectivity index (χ4v) is 1.20. The Bertz CT molecular complexity index is 323. The quantitative estimate of drug-likeness (QED) is 0.749. The summed E-state index contributed by atoms with van der Waals surface area (Å²) in [6.07, 6.45) is 1.51. The molecule has 0 aliphatic heterocycles. The van der Waals surface area contributed by atoms with Gasteiger partial charge in [0.15, 0.2) is 11.1 Å². The van der Waals surface area contributed by atoms with Gasteiger partial charge < -0.3 is 4.55 Å². The summed E-state index contributed by atoms with van der Waals surface area (Å²) < 4.78 is 18.7. The van der Waals surface area contributed by atoms with Gasteiger partial charge in [-0.15, -0.1) is 0 Å². The highest BCUT2D eigenvalue weighted by Gasteiger charge is 1.93. The van der Waals surface area contributed by atoms with E-state index in [9.17, 15) is 4.21 Å². The molecule has 0 radical (unpaired) electrons. The van der Waals surface area contributed by atoms with Crippen molar-refractivity contribution < 1.29 is 8.76 Å². The van der Waals surface area contributed by atoms with Gasteiger partial charge >= 0.3 is 0 Å². The minimum Gasteiger partial charge on any atom is -0.303 e. The van der Waals surface area contributed by atoms with Gasteiger partial charge in [0.1, 0.15) is 0 Å². The molecule has 1 rings (SSSR count). The first-order valence-electron chi connectivity index (χ1n) is 3.22. The van der Waals surface area contributed by atoms with Crippen molar-refractivity contribution in [3.05, 3.63) is 40.3 Å². The van der Waals surface area contributed by atoms with Crippen LogP contribution in [0.25, 0.3) is 6.08 Å². The summed E-state index contributed by atoms with van der Waals surface area (Å²) in [5.74, 6) is 0. The van der Waals surface area contributed by atoms with E-state index in [2.05, 4.69) is 0 Å². The monoisotopic (exact) mass is 202 g/mol. The highest BCUT2D eigenvalue weighted by molar-refractivity contribution is 7.82. The summed E-state index contributed by atoms with van der Waals surface area (Å²) in [5, 5.41) is 1.74. The number of rotatable bonds is 2. The van der Waals surface area contributed by atoms with Crippen LogP contribution in [0.5, 0.6) is 0 Å². The smallest absolute Gasteiger partial charge is 0.178 e. The van der Waals surface area contributed by atoms with Gasteiger partial charge in [0.2, 0.25) is 0 Å². The molecule has 12 heavy (non-hydrogen) atoms. The summed E-state index contributed by atoms with van der Waals surface area (Å²) in [5.41, 5.74) is 0.738. The molecule has 2 nitrogen and oxygen atoms in total. The van der Waals surface area contributed by atoms with Crippen LogP contribution in [0.3, 0.4) is 0 Å². The highest BCUT2D eigenvalue weighted by Crippen LogP contribution is 2.16. The summed E-state index contributed by atoms with van der Waals surface area (Å²) >= 11 is 3.86. The Kier molecular flexibility index (Phi) is 3.47. The molecule has 4 heteroatoms. The average molecular weight is 203 g/mol. The first-order valence-corrected chi connectivity index (χ1v) is 4.77. The normalized spacial score (nSPS) is 13.5. The van der Waals surface area contributed by atoms with E-state index in [1.165, 1.54) is 11.5 Å². The van der Waals surface area contributed by atoms with Gasteiger partial charge in [-0.1, -0.05) is 29.8 Å². The molecule has 1 unspecified atom stereocenters. The van der Waals surface area contributed by atoms with E-state index in [4.69, 9.17) is 16.2 Å². The van der Waals surface area contributed by atoms with Crippen molar-refractivity contribution in [1.29, 1.82) is 0 Å². The van der Waals surface area contributed by atoms with Gasteiger partial charge in [-0.3, -0.25) is 0 Å². The van der Waals surface area contributed by atoms with E-state index in [-0.39, 0.29) is 0 Å². The van der Waals surface area contributed by atoms with Gasteiger partial charge in [0.05, 0.1) is 0 Å². The lowest BCUT2D eigenvalue weighted by Gasteiger charge is -1.94. The van der Waals surface area contributed by atoms with Crippen molar-refractivity contribution in [2.75, 3.05) is 0 Å². The average Bonchev–Trinajstić information content (AvgIpc) is 2.03. The molecule has 64 valence electrons. The van der Waals surface area contributed by atoms with Crippen molar-refractivity contribution in [2.45, 2.75) is 0 Å². The van der Waals surface area contributed by atoms with Crippen molar-refractivity contribution >= 4 is 28.8 Å². The van der Waals surface area contributed by atoms with E-state index in [0.717, 1.165) is 5.56 Å². The molecule has 0 amide bonds. The van der Waals surface area contributed by atoms with Crippen LogP contribution in [0.4, 0.5) is 0 Å². The molecule has 0 saturated carbocycles. The summed E-state index contributed by atoms with van der Waals surface area (Å²) in [4.78, 5) is 0. The minimum atomic E-state index is -1.91. The van der Waals surface area contributed by atoms with Gasteiger partial charge in [0, 0.05) is 10.4 Å². The van der Waals surface area contributed by atoms with Crippen molar-refractivity contribution in [3.8, 4) is 0 Å². The Hall–Kier alpha value is -0.640. The van der Waals surface area contributed by atoms with Crippen LogP contribution < -0.4 is 0 Å². The van der Waals surface area contributed by atoms with E-state index >= 15 is 0 Å². The third kappa shape index (κ3) is 2.77. The lowest BCUT2D eigenvalue weighted by Crippen LogP contribution is -1.78. The zero-order chi connectivity index (χ0) is 8.97. The van der Waals surface area contributed by atoms with Crippen molar-refractivity contribution in [3.63, 3.8) is 0 Å². The molecule has 1 aromatic rings. The molecule has 1 aromatic carbocycles. The Labute approximate surface area is 78.2 Å². The van der Waals surface area contributed by atoms with Crippen LogP contribution in [0, 0.1) is 0 Å². The number of benzene rings is 1. The standard InChI is InChI=1S/C8H7ClO2S/c9-8-4-2-1-3-7(8)5-6-12(10)11/h1-6H,(H,10,11). The largest absolute Gasteiger partial charge is 0.303 e. The number of hydrogen-bond donors (Lipinski definition) is 1. The maximum Gasteiger partial charge on any atom is 0.178 e. The maximum atomic E-state index is 10.3. The highest BCUT2D eigenvalue weighted by atomic mass is 35.5. The van der Waals surface area contributed by atoms with E-state index < -0.39 is 11.1 Å². The SMILES string of the molecule is O=S(O)C=Cc1ccccc1Cl. The summed E-state index contributed by atoms with van der Waals surface area (Å²) in [6.45, 7) is 0. The fraction of sp³-hybridized carbons (Fsp3) is 0. The molecule has 0 aromatic heterocycles. The second-order valence-corrected chi connectivity index (χ2v) is 3.33. The molecule has 0 bridgehead atoms. The molecule has 0 saturated heterocycles. The zero-order valence-electron chi connectivity index (χ0n) is 6.11. The van der Waals surface area contributed by atoms with Crippen LogP contribution in [-0.2, 0) is 11.1 Å². The molecule has 1 N–H and O–H groups in total. The van der Waals surface area contributed by atoms with E-state index in [1.807, 2.05) is 6.07 Å². The lowest BCUT2D eigenvalue weighted by atomic mass is 10.2. The van der Waals surface area contributed by atoms with Crippen molar-refractivity contribution in [2.24, 2.45) is 0 Å². The molecular formula is C8H7ClO2S. The third-order valence-electron chi connectivity index (χ3n) is 1.27. The number of hydrogen-bond acceptors (Lipinski definition) is 1. The first-order chi connectivity index (χ1) is 5.70. The van der Waals surface area contributed by atoms with Crippen LogP contribution in [-0.4, -0.2) is 8.76 Å². The number of halogens is 1. The molecule has 0 fully saturated rings. The molecule has 0 heterocycles. The Morgan fingerprint density at radius 3 is 2.67 bits per heavy atom. The topological polar surface area (TPSA) is 37.3 Å². The minimum absolute atomic E-state index is 0.569. The Balaban J connectivity index is 2.89. The van der Waals surface area contributed by atoms with E-state index in [1.54, 1.807) is 18.2 Å². The van der Waals surface area contributed by atoms with Crippen LogP contribution in [0.1, 0.15) is 5.56 Å². The second-order valence-electron chi connectivity index (χ2n) is 2.10. The molecular weight excluding hydrogens is 196 g/mol. The molecule has 0 spiro atoms. The van der Waals surface area contributed by atoms with Crippen LogP contribution >= 0.6 is 11.6 Å². The predicted octanol–water partition coefficient (Wildman–Crippen LogP) is 2.53. The third-order valence-corrected chi connectivity index (χ3v) is 1.98. The lowest BCUT2D eigenvalue weighted by molar-refractivity contribution is 0.574. The van der Waals surface area contributed by atoms with Gasteiger partial charge in [-0.05, 0) is 17.7 Å². The predicted molar refractivity (Wildman–Crippen MR) is 51.3 cm³/mol. The van der Waals surface area contributed by atoms with Crippen LogP contribution in [0.15, 0.2) is 29.7 Å². The Morgan fingerprint density at radius 2 is 2.08 bits per heavy atom. The first kappa shape index (κ1) is 9.45. The molecule has 0 aliphatic rings. The summed E-state index contributed by atoms with van der Waals surface area (Å²) in [7, 11) is 0. The van der Waals surface area contributed by atoms with Crippen LogP contribution in [0.2, 0.25) is 5.02 Å². The van der Waals surface area contributed by atoms with Gasteiger partial charge in [0.25, 0.3) is 0 Å². The van der Waals surface area contributed by atoms with Gasteiger partial charge in [-0.2, -0.15) is 0 Å². The fourth-order valence-electron chi connectivity index (χ4n) is 0.742. The Morgan fingerprint density at radius 1 is 1.42 bits per heavy atom. The van der Waals surface area contributed by atoms with E-state index in [0.29, 0.717) is 5.02 Å². The second kappa shape index (κ2) is 4.40. The maximum absolute atomic E-state index is 10.3. The molecule has 0 aliphatic carbocycles. The zero-order valence-corrected chi connectivity index (χ0v) is 7.68. The van der Waals surface area contributed by atoms with Crippen molar-refractivity contribution in [1.82, 2.24) is 0 Å². The molecule has 1 atom stereocenters.